The van der Waals surface area contributed by atoms with Crippen LogP contribution in [0.3, 0.4) is 0 Å². The molecule has 0 radical (unpaired) electrons. The lowest BCUT2D eigenvalue weighted by Crippen LogP contribution is -2.46. The molecule has 0 spiro atoms. The number of rotatable bonds is 6. The summed E-state index contributed by atoms with van der Waals surface area (Å²) >= 11 is 0. The van der Waals surface area contributed by atoms with Crippen molar-refractivity contribution in [3.63, 3.8) is 0 Å². The summed E-state index contributed by atoms with van der Waals surface area (Å²) in [5, 5.41) is 2.62. The van der Waals surface area contributed by atoms with Gasteiger partial charge < -0.3 is 15.0 Å². The Morgan fingerprint density at radius 2 is 1.71 bits per heavy atom. The van der Waals surface area contributed by atoms with Crippen molar-refractivity contribution < 1.29 is 14.3 Å². The van der Waals surface area contributed by atoms with Crippen molar-refractivity contribution in [3.05, 3.63) is 71.3 Å². The fourth-order valence-electron chi connectivity index (χ4n) is 3.46. The normalized spacial score (nSPS) is 15.3. The van der Waals surface area contributed by atoms with Crippen LogP contribution >= 0.6 is 0 Å². The summed E-state index contributed by atoms with van der Waals surface area (Å²) in [6, 6.07) is 17.0. The number of benzene rings is 2. The highest BCUT2D eigenvalue weighted by Gasteiger charge is 2.30. The van der Waals surface area contributed by atoms with Crippen molar-refractivity contribution in [2.75, 3.05) is 40.4 Å². The number of nitrogens with zero attached hydrogens (tertiary/aromatic N) is 2. The molecule has 3 rings (SSSR count). The summed E-state index contributed by atoms with van der Waals surface area (Å²) in [5.41, 5.74) is 2.65. The number of amides is 2. The first-order valence-corrected chi connectivity index (χ1v) is 9.53. The zero-order valence-electron chi connectivity index (χ0n) is 16.4. The second kappa shape index (κ2) is 9.48. The summed E-state index contributed by atoms with van der Waals surface area (Å²) in [7, 11) is 3.58. The molecule has 0 bridgehead atoms. The van der Waals surface area contributed by atoms with Gasteiger partial charge in [-0.25, -0.2) is 0 Å². The Balaban J connectivity index is 1.79. The minimum atomic E-state index is -0.363. The lowest BCUT2D eigenvalue weighted by atomic mass is 10.0. The molecule has 0 unspecified atom stereocenters. The minimum absolute atomic E-state index is 0.0963. The van der Waals surface area contributed by atoms with E-state index in [9.17, 15) is 9.59 Å². The Morgan fingerprint density at radius 1 is 1.07 bits per heavy atom. The molecule has 1 N–H and O–H groups in total. The van der Waals surface area contributed by atoms with Crippen LogP contribution in [-0.2, 0) is 16.1 Å². The molecular formula is C22H27N3O3. The maximum atomic E-state index is 13.3. The second-order valence-corrected chi connectivity index (χ2v) is 6.94. The number of hydrogen-bond acceptors (Lipinski definition) is 4. The van der Waals surface area contributed by atoms with Gasteiger partial charge in [0.15, 0.2) is 0 Å². The molecule has 6 nitrogen and oxygen atoms in total. The highest BCUT2D eigenvalue weighted by molar-refractivity contribution is 5.93. The second-order valence-electron chi connectivity index (χ2n) is 6.94. The van der Waals surface area contributed by atoms with Crippen molar-refractivity contribution in [3.8, 4) is 0 Å². The van der Waals surface area contributed by atoms with Crippen LogP contribution in [0.2, 0.25) is 0 Å². The van der Waals surface area contributed by atoms with Crippen molar-refractivity contribution >= 4 is 11.8 Å². The summed E-state index contributed by atoms with van der Waals surface area (Å²) in [4.78, 5) is 28.9. The zero-order valence-corrected chi connectivity index (χ0v) is 16.4. The number of carbonyl (C=O) groups is 2. The molecule has 2 aromatic rings. The minimum Gasteiger partial charge on any atom is -0.378 e. The van der Waals surface area contributed by atoms with Crippen LogP contribution in [0.15, 0.2) is 54.6 Å². The van der Waals surface area contributed by atoms with Gasteiger partial charge in [0.2, 0.25) is 5.91 Å². The number of likely N-dealkylation sites (N-methyl/N-ethyl adjacent to an activating group) is 1. The molecule has 1 aliphatic rings. The Hall–Kier alpha value is -2.70. The van der Waals surface area contributed by atoms with Gasteiger partial charge in [-0.1, -0.05) is 42.5 Å². The van der Waals surface area contributed by atoms with Crippen LogP contribution in [-0.4, -0.2) is 62.0 Å². The highest BCUT2D eigenvalue weighted by Crippen LogP contribution is 2.24. The number of morpholine rings is 1. The standard InChI is InChI=1S/C22H27N3O3/c1-23-21(26)19-10-8-17(9-11-19)16-24(2)20(18-6-4-3-5-7-18)22(27)25-12-14-28-15-13-25/h3-11,20H,12-16H2,1-2H3,(H,23,26)/t20-/m1/s1. The molecule has 2 aromatic carbocycles. The molecule has 2 amide bonds. The largest absolute Gasteiger partial charge is 0.378 e. The van der Waals surface area contributed by atoms with Gasteiger partial charge in [-0.15, -0.1) is 0 Å². The van der Waals surface area contributed by atoms with Gasteiger partial charge in [-0.3, -0.25) is 14.5 Å². The fourth-order valence-corrected chi connectivity index (χ4v) is 3.46. The topological polar surface area (TPSA) is 61.9 Å². The van der Waals surface area contributed by atoms with Crippen LogP contribution in [0, 0.1) is 0 Å². The van der Waals surface area contributed by atoms with Gasteiger partial charge in [-0.05, 0) is 30.3 Å². The van der Waals surface area contributed by atoms with Crippen LogP contribution < -0.4 is 5.32 Å². The Morgan fingerprint density at radius 3 is 2.32 bits per heavy atom. The lowest BCUT2D eigenvalue weighted by Gasteiger charge is -2.34. The first kappa shape index (κ1) is 20.0. The van der Waals surface area contributed by atoms with E-state index < -0.39 is 0 Å². The number of carbonyl (C=O) groups excluding carboxylic acids is 2. The van der Waals surface area contributed by atoms with E-state index >= 15 is 0 Å². The van der Waals surface area contributed by atoms with Crippen molar-refractivity contribution in [2.45, 2.75) is 12.6 Å². The summed E-state index contributed by atoms with van der Waals surface area (Å²) < 4.78 is 5.39. The van der Waals surface area contributed by atoms with E-state index in [1.165, 1.54) is 0 Å². The van der Waals surface area contributed by atoms with Gasteiger partial charge >= 0.3 is 0 Å². The monoisotopic (exact) mass is 381 g/mol. The molecule has 0 aliphatic carbocycles. The van der Waals surface area contributed by atoms with Crippen molar-refractivity contribution in [1.29, 1.82) is 0 Å². The van der Waals surface area contributed by atoms with Gasteiger partial charge in [-0.2, -0.15) is 0 Å². The predicted molar refractivity (Wildman–Crippen MR) is 108 cm³/mol. The molecule has 1 atom stereocenters. The summed E-state index contributed by atoms with van der Waals surface area (Å²) in [6.07, 6.45) is 0. The van der Waals surface area contributed by atoms with Crippen LogP contribution in [0.25, 0.3) is 0 Å². The average Bonchev–Trinajstić information content (AvgIpc) is 2.75. The fraction of sp³-hybridized carbons (Fsp3) is 0.364. The summed E-state index contributed by atoms with van der Waals surface area (Å²) in [6.45, 7) is 3.01. The van der Waals surface area contributed by atoms with E-state index in [4.69, 9.17) is 4.74 Å². The Bertz CT molecular complexity index is 786. The molecule has 0 saturated carbocycles. The Kier molecular flexibility index (Phi) is 6.79. The molecule has 1 aliphatic heterocycles. The van der Waals surface area contributed by atoms with Gasteiger partial charge in [0.1, 0.15) is 6.04 Å². The molecule has 1 saturated heterocycles. The predicted octanol–water partition coefficient (Wildman–Crippen LogP) is 2.08. The maximum Gasteiger partial charge on any atom is 0.251 e. The number of hydrogen-bond donors (Lipinski definition) is 1. The first-order chi connectivity index (χ1) is 13.6. The third kappa shape index (κ3) is 4.77. The van der Waals surface area contributed by atoms with E-state index in [-0.39, 0.29) is 17.9 Å². The van der Waals surface area contributed by atoms with E-state index in [1.54, 1.807) is 7.05 Å². The van der Waals surface area contributed by atoms with Gasteiger partial charge in [0, 0.05) is 32.2 Å². The lowest BCUT2D eigenvalue weighted by molar-refractivity contribution is -0.141. The van der Waals surface area contributed by atoms with Gasteiger partial charge in [0.25, 0.3) is 5.91 Å². The smallest absolute Gasteiger partial charge is 0.251 e. The van der Waals surface area contributed by atoms with Crippen LogP contribution in [0.4, 0.5) is 0 Å². The number of nitrogens with one attached hydrogen (secondary N) is 1. The molecule has 148 valence electrons. The Labute approximate surface area is 166 Å². The third-order valence-corrected chi connectivity index (χ3v) is 4.99. The van der Waals surface area contributed by atoms with Crippen molar-refractivity contribution in [1.82, 2.24) is 15.1 Å². The zero-order chi connectivity index (χ0) is 19.9. The molecule has 0 aromatic heterocycles. The quantitative estimate of drug-likeness (QED) is 0.832. The summed E-state index contributed by atoms with van der Waals surface area (Å²) in [5.74, 6) is -0.0106. The molecule has 1 fully saturated rings. The van der Waals surface area contributed by atoms with E-state index in [2.05, 4.69) is 10.2 Å². The SMILES string of the molecule is CNC(=O)c1ccc(CN(C)[C@@H](C(=O)N2CCOCC2)c2ccccc2)cc1. The van der Waals surface area contributed by atoms with Crippen molar-refractivity contribution in [2.24, 2.45) is 0 Å². The number of ether oxygens (including phenoxy) is 1. The first-order valence-electron chi connectivity index (χ1n) is 9.53. The van der Waals surface area contributed by atoms with E-state index in [0.29, 0.717) is 38.4 Å². The average molecular weight is 381 g/mol. The van der Waals surface area contributed by atoms with Crippen LogP contribution in [0.1, 0.15) is 27.5 Å². The molecule has 6 heteroatoms. The van der Waals surface area contributed by atoms with Crippen LogP contribution in [0.5, 0.6) is 0 Å². The molecular weight excluding hydrogens is 354 g/mol. The van der Waals surface area contributed by atoms with Gasteiger partial charge in [0.05, 0.1) is 13.2 Å². The third-order valence-electron chi connectivity index (χ3n) is 4.99. The maximum absolute atomic E-state index is 13.3. The molecule has 28 heavy (non-hydrogen) atoms. The van der Waals surface area contributed by atoms with E-state index in [0.717, 1.165) is 11.1 Å². The molecule has 1 heterocycles. The van der Waals surface area contributed by atoms with E-state index in [1.807, 2.05) is 66.5 Å². The highest BCUT2D eigenvalue weighted by atomic mass is 16.5.